The van der Waals surface area contributed by atoms with E-state index in [0.29, 0.717) is 17.7 Å². The van der Waals surface area contributed by atoms with E-state index in [0.717, 1.165) is 9.87 Å². The van der Waals surface area contributed by atoms with Gasteiger partial charge in [-0.15, -0.1) is 0 Å². The second-order valence-corrected chi connectivity index (χ2v) is 6.80. The minimum atomic E-state index is -3.79. The number of nitrogens with zero attached hydrogens (tertiary/aromatic N) is 1. The first-order chi connectivity index (χ1) is 9.73. The summed E-state index contributed by atoms with van der Waals surface area (Å²) >= 11 is 0. The normalized spacial score (nSPS) is 11.7. The van der Waals surface area contributed by atoms with E-state index in [1.54, 1.807) is 26.0 Å². The third kappa shape index (κ3) is 3.95. The fraction of sp³-hybridized carbons (Fsp3) is 0.500. The first-order valence-corrected chi connectivity index (χ1v) is 8.11. The maximum atomic E-state index is 12.8. The molecule has 0 bridgehead atoms. The molecule has 1 aromatic carbocycles. The molecule has 0 radical (unpaired) electrons. The van der Waals surface area contributed by atoms with Crippen LogP contribution in [0.3, 0.4) is 0 Å². The number of aryl methyl sites for hydroxylation is 1. The van der Waals surface area contributed by atoms with Crippen molar-refractivity contribution < 1.29 is 17.9 Å². The Morgan fingerprint density at radius 1 is 1.33 bits per heavy atom. The van der Waals surface area contributed by atoms with E-state index in [1.807, 2.05) is 6.92 Å². The van der Waals surface area contributed by atoms with Crippen LogP contribution in [0.1, 0.15) is 24.5 Å². The maximum Gasteiger partial charge on any atom is 0.321 e. The highest BCUT2D eigenvalue weighted by Crippen LogP contribution is 2.26. The van der Waals surface area contributed by atoms with Gasteiger partial charge in [-0.2, -0.15) is 4.31 Å². The molecule has 0 aliphatic carbocycles. The number of sulfonamides is 1. The van der Waals surface area contributed by atoms with Gasteiger partial charge >= 0.3 is 5.97 Å². The third-order valence-electron chi connectivity index (χ3n) is 3.17. The summed E-state index contributed by atoms with van der Waals surface area (Å²) in [5.74, 6) is -0.592. The summed E-state index contributed by atoms with van der Waals surface area (Å²) in [6, 6.07) is 3.29. The number of anilines is 1. The second-order valence-electron chi connectivity index (χ2n) is 4.89. The predicted octanol–water partition coefficient (Wildman–Crippen LogP) is 1.46. The van der Waals surface area contributed by atoms with Crippen LogP contribution in [0.2, 0.25) is 0 Å². The number of nitrogens with two attached hydrogens (primary N) is 1. The molecule has 6 nitrogen and oxygen atoms in total. The van der Waals surface area contributed by atoms with Gasteiger partial charge in [-0.3, -0.25) is 4.79 Å². The molecule has 1 rings (SSSR count). The zero-order valence-electron chi connectivity index (χ0n) is 12.8. The third-order valence-corrected chi connectivity index (χ3v) is 5.14. The Balaban J connectivity index is 3.32. The summed E-state index contributed by atoms with van der Waals surface area (Å²) in [7, 11) is -2.56. The molecule has 118 valence electrons. The van der Waals surface area contributed by atoms with Crippen molar-refractivity contribution in [3.8, 4) is 0 Å². The molecule has 0 amide bonds. The number of esters is 1. The summed E-state index contributed by atoms with van der Waals surface area (Å²) < 4.78 is 31.2. The molecule has 0 spiro atoms. The van der Waals surface area contributed by atoms with Gasteiger partial charge in [0.1, 0.15) is 6.54 Å². The van der Waals surface area contributed by atoms with Crippen LogP contribution in [-0.4, -0.2) is 38.9 Å². The molecule has 21 heavy (non-hydrogen) atoms. The Kier molecular flexibility index (Phi) is 5.74. The Morgan fingerprint density at radius 2 is 1.95 bits per heavy atom. The van der Waals surface area contributed by atoms with Gasteiger partial charge < -0.3 is 10.5 Å². The highest BCUT2D eigenvalue weighted by molar-refractivity contribution is 7.89. The van der Waals surface area contributed by atoms with Gasteiger partial charge in [0, 0.05) is 12.2 Å². The minimum absolute atomic E-state index is 0.136. The number of carbonyl (C=O) groups is 1. The van der Waals surface area contributed by atoms with Crippen molar-refractivity contribution in [2.45, 2.75) is 32.1 Å². The monoisotopic (exact) mass is 314 g/mol. The van der Waals surface area contributed by atoms with Crippen LogP contribution in [0.4, 0.5) is 5.69 Å². The fourth-order valence-electron chi connectivity index (χ4n) is 2.00. The standard InChI is InChI=1S/C14H22N2O4S/c1-5-6-16(9-14(17)20-4)21(18,19)13-8-10(2)7-12(15)11(13)3/h7-8H,5-6,9,15H2,1-4H3. The first-order valence-electron chi connectivity index (χ1n) is 6.67. The Labute approximate surface area is 125 Å². The van der Waals surface area contributed by atoms with E-state index in [2.05, 4.69) is 4.74 Å². The van der Waals surface area contributed by atoms with Crippen molar-refractivity contribution >= 4 is 21.7 Å². The first kappa shape index (κ1) is 17.5. The van der Waals surface area contributed by atoms with Crippen molar-refractivity contribution in [1.29, 1.82) is 0 Å². The lowest BCUT2D eigenvalue weighted by molar-refractivity contribution is -0.140. The minimum Gasteiger partial charge on any atom is -0.468 e. The van der Waals surface area contributed by atoms with Gasteiger partial charge in [-0.1, -0.05) is 6.92 Å². The lowest BCUT2D eigenvalue weighted by Crippen LogP contribution is -2.37. The predicted molar refractivity (Wildman–Crippen MR) is 81.4 cm³/mol. The van der Waals surface area contributed by atoms with Gasteiger partial charge in [-0.05, 0) is 43.5 Å². The second kappa shape index (κ2) is 6.91. The molecule has 7 heteroatoms. The number of hydrogen-bond acceptors (Lipinski definition) is 5. The van der Waals surface area contributed by atoms with Crippen molar-refractivity contribution in [3.63, 3.8) is 0 Å². The van der Waals surface area contributed by atoms with Crippen LogP contribution in [0.15, 0.2) is 17.0 Å². The summed E-state index contributed by atoms with van der Waals surface area (Å²) in [6.07, 6.45) is 0.594. The van der Waals surface area contributed by atoms with E-state index >= 15 is 0 Å². The maximum absolute atomic E-state index is 12.8. The molecular formula is C14H22N2O4S. The molecule has 0 aromatic heterocycles. The van der Waals surface area contributed by atoms with Crippen molar-refractivity contribution in [2.75, 3.05) is 25.9 Å². The smallest absolute Gasteiger partial charge is 0.321 e. The fourth-order valence-corrected chi connectivity index (χ4v) is 3.82. The Morgan fingerprint density at radius 3 is 2.48 bits per heavy atom. The Hall–Kier alpha value is -1.60. The van der Waals surface area contributed by atoms with Crippen LogP contribution >= 0.6 is 0 Å². The van der Waals surface area contributed by atoms with Crippen LogP contribution in [0.25, 0.3) is 0 Å². The lowest BCUT2D eigenvalue weighted by Gasteiger charge is -2.22. The van der Waals surface area contributed by atoms with Crippen molar-refractivity contribution in [1.82, 2.24) is 4.31 Å². The molecule has 1 aromatic rings. The molecule has 0 fully saturated rings. The summed E-state index contributed by atoms with van der Waals surface area (Å²) in [6.45, 7) is 5.21. The summed E-state index contributed by atoms with van der Waals surface area (Å²) in [5.41, 5.74) is 7.51. The van der Waals surface area contributed by atoms with Crippen LogP contribution in [-0.2, 0) is 19.6 Å². The van der Waals surface area contributed by atoms with E-state index in [1.165, 1.54) is 7.11 Å². The molecule has 0 aliphatic heterocycles. The van der Waals surface area contributed by atoms with Crippen molar-refractivity contribution in [3.05, 3.63) is 23.3 Å². The number of ether oxygens (including phenoxy) is 1. The zero-order chi connectivity index (χ0) is 16.2. The number of hydrogen-bond donors (Lipinski definition) is 1. The zero-order valence-corrected chi connectivity index (χ0v) is 13.7. The lowest BCUT2D eigenvalue weighted by atomic mass is 10.1. The van der Waals surface area contributed by atoms with Gasteiger partial charge in [0.2, 0.25) is 10.0 Å². The highest BCUT2D eigenvalue weighted by atomic mass is 32.2. The van der Waals surface area contributed by atoms with E-state index in [4.69, 9.17) is 5.73 Å². The molecular weight excluding hydrogens is 292 g/mol. The van der Waals surface area contributed by atoms with Crippen molar-refractivity contribution in [2.24, 2.45) is 0 Å². The quantitative estimate of drug-likeness (QED) is 0.634. The van der Waals surface area contributed by atoms with E-state index in [9.17, 15) is 13.2 Å². The average Bonchev–Trinajstić information content (AvgIpc) is 2.41. The van der Waals surface area contributed by atoms with Gasteiger partial charge in [0.25, 0.3) is 0 Å². The number of nitrogen functional groups attached to an aromatic ring is 1. The number of carbonyl (C=O) groups excluding carboxylic acids is 1. The SMILES string of the molecule is CCCN(CC(=O)OC)S(=O)(=O)c1cc(C)cc(N)c1C. The molecule has 2 N–H and O–H groups in total. The topological polar surface area (TPSA) is 89.7 Å². The molecule has 0 saturated carbocycles. The largest absolute Gasteiger partial charge is 0.468 e. The number of methoxy groups -OCH3 is 1. The Bertz CT molecular complexity index is 626. The highest BCUT2D eigenvalue weighted by Gasteiger charge is 2.28. The van der Waals surface area contributed by atoms with E-state index < -0.39 is 16.0 Å². The number of benzene rings is 1. The molecule has 0 unspecified atom stereocenters. The average molecular weight is 314 g/mol. The van der Waals surface area contributed by atoms with Crippen LogP contribution in [0, 0.1) is 13.8 Å². The molecule has 0 atom stereocenters. The van der Waals surface area contributed by atoms with E-state index in [-0.39, 0.29) is 18.0 Å². The molecule has 0 saturated heterocycles. The summed E-state index contributed by atoms with van der Waals surface area (Å²) in [4.78, 5) is 11.6. The number of rotatable bonds is 6. The van der Waals surface area contributed by atoms with Gasteiger partial charge in [0.15, 0.2) is 0 Å². The molecule has 0 aliphatic rings. The van der Waals surface area contributed by atoms with Crippen LogP contribution in [0.5, 0.6) is 0 Å². The van der Waals surface area contributed by atoms with Gasteiger partial charge in [0.05, 0.1) is 12.0 Å². The van der Waals surface area contributed by atoms with Crippen LogP contribution < -0.4 is 5.73 Å². The summed E-state index contributed by atoms with van der Waals surface area (Å²) in [5, 5.41) is 0. The van der Waals surface area contributed by atoms with Gasteiger partial charge in [-0.25, -0.2) is 8.42 Å². The molecule has 0 heterocycles.